The molecule has 0 spiro atoms. The zero-order valence-electron chi connectivity index (χ0n) is 18.5. The fourth-order valence-electron chi connectivity index (χ4n) is 4.56. The lowest BCUT2D eigenvalue weighted by Crippen LogP contribution is -2.25. The van der Waals surface area contributed by atoms with Gasteiger partial charge in [0.05, 0.1) is 5.52 Å². The highest BCUT2D eigenvalue weighted by molar-refractivity contribution is 6.03. The summed E-state index contributed by atoms with van der Waals surface area (Å²) in [5.74, 6) is -2.28. The Bertz CT molecular complexity index is 1360. The average molecular weight is 453 g/mol. The molecular formula is C27H24N4O3. The first kappa shape index (κ1) is 21.6. The number of aromatic hydroxyl groups is 1. The number of nitrogens with zero attached hydrogens (tertiary/aromatic N) is 3. The molecule has 1 fully saturated rings. The van der Waals surface area contributed by atoms with Crippen molar-refractivity contribution >= 4 is 28.4 Å². The number of amides is 2. The minimum atomic E-state index is -0.945. The Balaban J connectivity index is 1.43. The number of hydrogen-bond acceptors (Lipinski definition) is 4. The van der Waals surface area contributed by atoms with E-state index in [1.54, 1.807) is 4.57 Å². The van der Waals surface area contributed by atoms with E-state index in [0.717, 1.165) is 23.1 Å². The molecule has 7 heteroatoms. The van der Waals surface area contributed by atoms with Crippen molar-refractivity contribution in [1.29, 1.82) is 0 Å². The Morgan fingerprint density at radius 3 is 2.41 bits per heavy atom. The standard InChI is InChI=1S/C27H24N4O3/c32-25-23(21(17-28-25)19-11-5-2-6-12-19)26(33)30-29-24-20-13-7-8-14-22(20)31(27(24)34)16-15-18-9-3-1-4-10-18/h1-14,21,23,34H,15-17H2,(H,28,32)/t21-,23+/m0/s1. The number of aromatic nitrogens is 1. The van der Waals surface area contributed by atoms with Crippen molar-refractivity contribution in [2.24, 2.45) is 16.1 Å². The second-order valence-electron chi connectivity index (χ2n) is 8.35. The second kappa shape index (κ2) is 9.31. The molecule has 2 amide bonds. The fourth-order valence-corrected chi connectivity index (χ4v) is 4.56. The van der Waals surface area contributed by atoms with Gasteiger partial charge in [0.25, 0.3) is 5.91 Å². The third-order valence-electron chi connectivity index (χ3n) is 6.31. The molecule has 170 valence electrons. The number of azo groups is 1. The van der Waals surface area contributed by atoms with Gasteiger partial charge in [-0.1, -0.05) is 78.9 Å². The predicted molar refractivity (Wildman–Crippen MR) is 129 cm³/mol. The molecule has 0 saturated carbocycles. The summed E-state index contributed by atoms with van der Waals surface area (Å²) in [6.45, 7) is 0.916. The van der Waals surface area contributed by atoms with Crippen LogP contribution in [0, 0.1) is 5.92 Å². The molecule has 0 unspecified atom stereocenters. The molecule has 5 rings (SSSR count). The molecule has 1 aromatic heterocycles. The van der Waals surface area contributed by atoms with Crippen LogP contribution in [0.4, 0.5) is 5.69 Å². The van der Waals surface area contributed by atoms with Gasteiger partial charge in [-0.15, -0.1) is 10.2 Å². The molecule has 2 N–H and O–H groups in total. The number of aryl methyl sites for hydroxylation is 2. The Morgan fingerprint density at radius 2 is 1.65 bits per heavy atom. The first-order chi connectivity index (χ1) is 16.6. The monoisotopic (exact) mass is 452 g/mol. The van der Waals surface area contributed by atoms with E-state index >= 15 is 0 Å². The fraction of sp³-hybridized carbons (Fsp3) is 0.185. The number of para-hydroxylation sites is 1. The van der Waals surface area contributed by atoms with Crippen LogP contribution in [-0.4, -0.2) is 28.0 Å². The van der Waals surface area contributed by atoms with Crippen LogP contribution < -0.4 is 5.32 Å². The highest BCUT2D eigenvalue weighted by atomic mass is 16.3. The first-order valence-electron chi connectivity index (χ1n) is 11.3. The maximum atomic E-state index is 13.0. The predicted octanol–water partition coefficient (Wildman–Crippen LogP) is 4.73. The van der Waals surface area contributed by atoms with Crippen molar-refractivity contribution in [3.63, 3.8) is 0 Å². The number of carbonyl (C=O) groups excluding carboxylic acids is 2. The summed E-state index contributed by atoms with van der Waals surface area (Å²) in [6.07, 6.45) is 0.726. The van der Waals surface area contributed by atoms with Crippen molar-refractivity contribution in [2.45, 2.75) is 18.9 Å². The molecule has 4 aromatic rings. The average Bonchev–Trinajstić information content (AvgIpc) is 3.39. The van der Waals surface area contributed by atoms with E-state index in [0.29, 0.717) is 18.5 Å². The van der Waals surface area contributed by atoms with Gasteiger partial charge in [0.2, 0.25) is 11.8 Å². The molecule has 2 atom stereocenters. The highest BCUT2D eigenvalue weighted by Gasteiger charge is 2.41. The lowest BCUT2D eigenvalue weighted by atomic mass is 9.88. The maximum absolute atomic E-state index is 13.0. The maximum Gasteiger partial charge on any atom is 0.277 e. The van der Waals surface area contributed by atoms with Crippen molar-refractivity contribution in [3.05, 3.63) is 96.1 Å². The van der Waals surface area contributed by atoms with Crippen LogP contribution in [0.25, 0.3) is 10.9 Å². The summed E-state index contributed by atoms with van der Waals surface area (Å²) in [5.41, 5.74) is 3.08. The van der Waals surface area contributed by atoms with Crippen LogP contribution in [0.2, 0.25) is 0 Å². The van der Waals surface area contributed by atoms with E-state index in [9.17, 15) is 14.7 Å². The highest BCUT2D eigenvalue weighted by Crippen LogP contribution is 2.39. The van der Waals surface area contributed by atoms with Crippen LogP contribution in [0.1, 0.15) is 17.0 Å². The van der Waals surface area contributed by atoms with Crippen LogP contribution in [-0.2, 0) is 22.6 Å². The normalized spacial score (nSPS) is 17.9. The van der Waals surface area contributed by atoms with Crippen LogP contribution >= 0.6 is 0 Å². The van der Waals surface area contributed by atoms with Gasteiger partial charge in [-0.2, -0.15) is 0 Å². The Labute approximate surface area is 196 Å². The van der Waals surface area contributed by atoms with Crippen molar-refractivity contribution in [2.75, 3.05) is 6.54 Å². The molecule has 1 aliphatic rings. The molecule has 2 heterocycles. The van der Waals surface area contributed by atoms with E-state index in [2.05, 4.69) is 15.5 Å². The first-order valence-corrected chi connectivity index (χ1v) is 11.3. The van der Waals surface area contributed by atoms with Crippen molar-refractivity contribution in [3.8, 4) is 5.88 Å². The van der Waals surface area contributed by atoms with Crippen LogP contribution in [0.15, 0.2) is 95.2 Å². The summed E-state index contributed by atoms with van der Waals surface area (Å²) in [5, 5.41) is 22.5. The number of benzene rings is 3. The molecule has 0 bridgehead atoms. The molecule has 1 aliphatic heterocycles. The van der Waals surface area contributed by atoms with Gasteiger partial charge in [-0.25, -0.2) is 0 Å². The van der Waals surface area contributed by atoms with Gasteiger partial charge in [0.1, 0.15) is 5.92 Å². The van der Waals surface area contributed by atoms with Crippen LogP contribution in [0.5, 0.6) is 5.88 Å². The van der Waals surface area contributed by atoms with Crippen LogP contribution in [0.3, 0.4) is 0 Å². The summed E-state index contributed by atoms with van der Waals surface area (Å²) < 4.78 is 1.77. The minimum absolute atomic E-state index is 0.0517. The lowest BCUT2D eigenvalue weighted by Gasteiger charge is -2.13. The molecule has 0 aliphatic carbocycles. The van der Waals surface area contributed by atoms with Gasteiger partial charge >= 0.3 is 0 Å². The summed E-state index contributed by atoms with van der Waals surface area (Å²) in [6, 6.07) is 26.9. The molecule has 0 radical (unpaired) electrons. The van der Waals surface area contributed by atoms with Gasteiger partial charge in [-0.3, -0.25) is 9.59 Å². The van der Waals surface area contributed by atoms with E-state index in [1.807, 2.05) is 84.9 Å². The number of rotatable bonds is 6. The molecular weight excluding hydrogens is 428 g/mol. The Hall–Kier alpha value is -4.26. The van der Waals surface area contributed by atoms with Crippen molar-refractivity contribution in [1.82, 2.24) is 9.88 Å². The van der Waals surface area contributed by atoms with Crippen molar-refractivity contribution < 1.29 is 14.7 Å². The van der Waals surface area contributed by atoms with E-state index in [-0.39, 0.29) is 23.4 Å². The summed E-state index contributed by atoms with van der Waals surface area (Å²) >= 11 is 0. The molecule has 7 nitrogen and oxygen atoms in total. The Morgan fingerprint density at radius 1 is 0.971 bits per heavy atom. The van der Waals surface area contributed by atoms with E-state index in [4.69, 9.17) is 0 Å². The van der Waals surface area contributed by atoms with Gasteiger partial charge in [-0.05, 0) is 23.6 Å². The minimum Gasteiger partial charge on any atom is -0.493 e. The van der Waals surface area contributed by atoms with E-state index < -0.39 is 11.8 Å². The second-order valence-corrected chi connectivity index (χ2v) is 8.35. The zero-order chi connectivity index (χ0) is 23.5. The Kier molecular flexibility index (Phi) is 5.91. The van der Waals surface area contributed by atoms with E-state index in [1.165, 1.54) is 0 Å². The molecule has 1 saturated heterocycles. The third-order valence-corrected chi connectivity index (χ3v) is 6.31. The summed E-state index contributed by atoms with van der Waals surface area (Å²) in [4.78, 5) is 25.4. The lowest BCUT2D eigenvalue weighted by molar-refractivity contribution is -0.131. The number of hydrogen-bond donors (Lipinski definition) is 2. The SMILES string of the molecule is O=C(N=Nc1c(O)n(CCc2ccccc2)c2ccccc12)[C@H]1C(=O)NC[C@H]1c1ccccc1. The van der Waals surface area contributed by atoms with Gasteiger partial charge in [0.15, 0.2) is 5.69 Å². The smallest absolute Gasteiger partial charge is 0.277 e. The number of fused-ring (bicyclic) bond motifs is 1. The largest absolute Gasteiger partial charge is 0.493 e. The zero-order valence-corrected chi connectivity index (χ0v) is 18.5. The topological polar surface area (TPSA) is 96.0 Å². The number of nitrogens with one attached hydrogen (secondary N) is 1. The number of carbonyl (C=O) groups is 2. The molecule has 34 heavy (non-hydrogen) atoms. The van der Waals surface area contributed by atoms with Gasteiger partial charge in [0, 0.05) is 24.4 Å². The third kappa shape index (κ3) is 4.08. The van der Waals surface area contributed by atoms with Gasteiger partial charge < -0.3 is 15.0 Å². The summed E-state index contributed by atoms with van der Waals surface area (Å²) in [7, 11) is 0. The quantitative estimate of drug-likeness (QED) is 0.327. The molecule has 3 aromatic carbocycles.